The summed E-state index contributed by atoms with van der Waals surface area (Å²) in [5, 5.41) is 3.88. The van der Waals surface area contributed by atoms with Crippen molar-refractivity contribution in [2.45, 2.75) is 6.92 Å². The first-order chi connectivity index (χ1) is 9.18. The highest BCUT2D eigenvalue weighted by atomic mass is 19.1. The number of pyridine rings is 1. The normalized spacial score (nSPS) is 11.2. The predicted octanol–water partition coefficient (Wildman–Crippen LogP) is 2.37. The number of hydrogen-bond donors (Lipinski definition) is 1. The number of nitrogens with zero attached hydrogens (tertiary/aromatic N) is 2. The summed E-state index contributed by atoms with van der Waals surface area (Å²) >= 11 is 0. The molecule has 1 aromatic carbocycles. The molecule has 0 radical (unpaired) electrons. The van der Waals surface area contributed by atoms with Crippen molar-refractivity contribution in [3.05, 3.63) is 65.7 Å². The van der Waals surface area contributed by atoms with E-state index in [1.54, 1.807) is 43.5 Å². The lowest BCUT2D eigenvalue weighted by atomic mass is 10.1. The zero-order chi connectivity index (χ0) is 13.7. The lowest BCUT2D eigenvalue weighted by Gasteiger charge is -2.03. The molecule has 0 aliphatic rings. The van der Waals surface area contributed by atoms with Crippen LogP contribution in [0.15, 0.2) is 53.9 Å². The third-order valence-electron chi connectivity index (χ3n) is 2.51. The van der Waals surface area contributed by atoms with Gasteiger partial charge in [0.25, 0.3) is 5.91 Å². The zero-order valence-corrected chi connectivity index (χ0v) is 10.3. The highest BCUT2D eigenvalue weighted by molar-refractivity contribution is 6.00. The summed E-state index contributed by atoms with van der Waals surface area (Å²) in [6.45, 7) is 1.63. The molecule has 0 atom stereocenters. The van der Waals surface area contributed by atoms with E-state index >= 15 is 0 Å². The Labute approximate surface area is 110 Å². The van der Waals surface area contributed by atoms with Gasteiger partial charge in [-0.2, -0.15) is 5.10 Å². The molecular weight excluding hydrogens is 245 g/mol. The van der Waals surface area contributed by atoms with E-state index in [0.717, 1.165) is 0 Å². The van der Waals surface area contributed by atoms with Gasteiger partial charge in [-0.1, -0.05) is 18.2 Å². The minimum Gasteiger partial charge on any atom is -0.267 e. The fourth-order valence-electron chi connectivity index (χ4n) is 1.51. The zero-order valence-electron chi connectivity index (χ0n) is 10.3. The lowest BCUT2D eigenvalue weighted by Crippen LogP contribution is -2.19. The Morgan fingerprint density at radius 2 is 2.05 bits per heavy atom. The molecule has 0 bridgehead atoms. The van der Waals surface area contributed by atoms with Crippen molar-refractivity contribution in [1.82, 2.24) is 10.4 Å². The predicted molar refractivity (Wildman–Crippen MR) is 70.3 cm³/mol. The van der Waals surface area contributed by atoms with Crippen molar-refractivity contribution in [3.63, 3.8) is 0 Å². The molecule has 0 unspecified atom stereocenters. The van der Waals surface area contributed by atoms with Crippen LogP contribution in [0.1, 0.15) is 22.8 Å². The van der Waals surface area contributed by atoms with Gasteiger partial charge in [-0.05, 0) is 25.1 Å². The van der Waals surface area contributed by atoms with Crippen LogP contribution in [-0.4, -0.2) is 16.6 Å². The smallest absolute Gasteiger partial charge is 0.267 e. The van der Waals surface area contributed by atoms with E-state index in [4.69, 9.17) is 0 Å². The van der Waals surface area contributed by atoms with Gasteiger partial charge in [0.05, 0.1) is 11.3 Å². The van der Waals surface area contributed by atoms with E-state index < -0.39 is 0 Å². The van der Waals surface area contributed by atoms with E-state index in [0.29, 0.717) is 16.8 Å². The molecule has 19 heavy (non-hydrogen) atoms. The second kappa shape index (κ2) is 5.86. The van der Waals surface area contributed by atoms with Gasteiger partial charge in [0.15, 0.2) is 0 Å². The maximum Gasteiger partial charge on any atom is 0.272 e. The SMILES string of the molecule is C/C(=N/NC(=O)c1cccnc1)c1ccccc1F. The van der Waals surface area contributed by atoms with Crippen LogP contribution in [-0.2, 0) is 0 Å². The summed E-state index contributed by atoms with van der Waals surface area (Å²) in [7, 11) is 0. The first kappa shape index (κ1) is 12.9. The molecule has 0 fully saturated rings. The van der Waals surface area contributed by atoms with Crippen LogP contribution in [0.25, 0.3) is 0 Å². The van der Waals surface area contributed by atoms with Crippen molar-refractivity contribution in [2.75, 3.05) is 0 Å². The molecule has 1 N–H and O–H groups in total. The standard InChI is InChI=1S/C14H12FN3O/c1-10(12-6-2-3-7-13(12)15)17-18-14(19)11-5-4-8-16-9-11/h2-9H,1H3,(H,18,19)/b17-10-. The summed E-state index contributed by atoms with van der Waals surface area (Å²) in [5.74, 6) is -0.761. The number of rotatable bonds is 3. The number of hydrogen-bond acceptors (Lipinski definition) is 3. The van der Waals surface area contributed by atoms with Crippen molar-refractivity contribution in [1.29, 1.82) is 0 Å². The van der Waals surface area contributed by atoms with Crippen LogP contribution in [0, 0.1) is 5.82 Å². The Morgan fingerprint density at radius 3 is 2.74 bits per heavy atom. The number of amides is 1. The Bertz CT molecular complexity index is 611. The molecule has 0 aliphatic carbocycles. The second-order valence-electron chi connectivity index (χ2n) is 3.86. The summed E-state index contributed by atoms with van der Waals surface area (Å²) < 4.78 is 13.5. The molecule has 96 valence electrons. The van der Waals surface area contributed by atoms with Gasteiger partial charge in [-0.3, -0.25) is 9.78 Å². The van der Waals surface area contributed by atoms with Crippen LogP contribution >= 0.6 is 0 Å². The molecule has 1 amide bonds. The molecule has 1 aromatic heterocycles. The van der Waals surface area contributed by atoms with Crippen LogP contribution in [0.2, 0.25) is 0 Å². The van der Waals surface area contributed by atoms with Gasteiger partial charge >= 0.3 is 0 Å². The average molecular weight is 257 g/mol. The van der Waals surface area contributed by atoms with Gasteiger partial charge in [0.1, 0.15) is 5.82 Å². The van der Waals surface area contributed by atoms with Crippen molar-refractivity contribution in [2.24, 2.45) is 5.10 Å². The minimum atomic E-state index is -0.385. The summed E-state index contributed by atoms with van der Waals surface area (Å²) in [4.78, 5) is 15.5. The number of nitrogens with one attached hydrogen (secondary N) is 1. The minimum absolute atomic E-state index is 0.356. The molecule has 5 heteroatoms. The number of halogens is 1. The van der Waals surface area contributed by atoms with E-state index in [1.807, 2.05) is 0 Å². The number of aromatic nitrogens is 1. The van der Waals surface area contributed by atoms with E-state index in [9.17, 15) is 9.18 Å². The monoisotopic (exact) mass is 257 g/mol. The van der Waals surface area contributed by atoms with E-state index in [-0.39, 0.29) is 11.7 Å². The first-order valence-electron chi connectivity index (χ1n) is 5.68. The lowest BCUT2D eigenvalue weighted by molar-refractivity contribution is 0.0954. The number of carbonyl (C=O) groups is 1. The average Bonchev–Trinajstić information content (AvgIpc) is 2.46. The van der Waals surface area contributed by atoms with Crippen LogP contribution in [0.5, 0.6) is 0 Å². The number of hydrazone groups is 1. The molecule has 0 aliphatic heterocycles. The third-order valence-corrected chi connectivity index (χ3v) is 2.51. The molecule has 0 saturated carbocycles. The topological polar surface area (TPSA) is 54.4 Å². The fourth-order valence-corrected chi connectivity index (χ4v) is 1.51. The molecule has 4 nitrogen and oxygen atoms in total. The van der Waals surface area contributed by atoms with Crippen LogP contribution in [0.3, 0.4) is 0 Å². The molecule has 0 spiro atoms. The van der Waals surface area contributed by atoms with Crippen molar-refractivity contribution in [3.8, 4) is 0 Å². The fraction of sp³-hybridized carbons (Fsp3) is 0.0714. The molecule has 2 rings (SSSR count). The Balaban J connectivity index is 2.11. The molecule has 0 saturated heterocycles. The van der Waals surface area contributed by atoms with Gasteiger partial charge in [0.2, 0.25) is 0 Å². The quantitative estimate of drug-likeness (QED) is 0.678. The van der Waals surface area contributed by atoms with Gasteiger partial charge < -0.3 is 0 Å². The van der Waals surface area contributed by atoms with E-state index in [1.165, 1.54) is 12.3 Å². The summed E-state index contributed by atoms with van der Waals surface area (Å²) in [6.07, 6.45) is 3.01. The van der Waals surface area contributed by atoms with Gasteiger partial charge in [-0.15, -0.1) is 0 Å². The Kier molecular flexibility index (Phi) is 3.97. The second-order valence-corrected chi connectivity index (χ2v) is 3.86. The van der Waals surface area contributed by atoms with Crippen LogP contribution in [0.4, 0.5) is 4.39 Å². The molecule has 1 heterocycles. The Hall–Kier alpha value is -2.56. The van der Waals surface area contributed by atoms with Crippen molar-refractivity contribution >= 4 is 11.6 Å². The Morgan fingerprint density at radius 1 is 1.26 bits per heavy atom. The summed E-state index contributed by atoms with van der Waals surface area (Å²) in [6, 6.07) is 9.53. The van der Waals surface area contributed by atoms with E-state index in [2.05, 4.69) is 15.5 Å². The maximum absolute atomic E-state index is 13.5. The highest BCUT2D eigenvalue weighted by Crippen LogP contribution is 2.07. The first-order valence-corrected chi connectivity index (χ1v) is 5.68. The molecular formula is C14H12FN3O. The van der Waals surface area contributed by atoms with Crippen molar-refractivity contribution < 1.29 is 9.18 Å². The molecule has 2 aromatic rings. The highest BCUT2D eigenvalue weighted by Gasteiger charge is 2.06. The largest absolute Gasteiger partial charge is 0.272 e. The maximum atomic E-state index is 13.5. The third kappa shape index (κ3) is 3.22. The van der Waals surface area contributed by atoms with Gasteiger partial charge in [-0.25, -0.2) is 9.82 Å². The van der Waals surface area contributed by atoms with Gasteiger partial charge in [0, 0.05) is 18.0 Å². The number of benzene rings is 1. The number of carbonyl (C=O) groups excluding carboxylic acids is 1. The van der Waals surface area contributed by atoms with Crippen LogP contribution < -0.4 is 5.43 Å². The summed E-state index contributed by atoms with van der Waals surface area (Å²) in [5.41, 5.74) is 3.52.